The summed E-state index contributed by atoms with van der Waals surface area (Å²) in [6.07, 6.45) is 0. The molecule has 2 nitrogen and oxygen atoms in total. The van der Waals surface area contributed by atoms with Crippen LogP contribution in [0.1, 0.15) is 22.8 Å². The third-order valence-corrected chi connectivity index (χ3v) is 2.86. The quantitative estimate of drug-likeness (QED) is 0.730. The zero-order valence-electron chi connectivity index (χ0n) is 8.15. The molecule has 0 radical (unpaired) electrons. The molecule has 14 heavy (non-hydrogen) atoms. The summed E-state index contributed by atoms with van der Waals surface area (Å²) in [5, 5.41) is 0.795. The van der Waals surface area contributed by atoms with Crippen LogP contribution in [0.15, 0.2) is 6.07 Å². The van der Waals surface area contributed by atoms with Crippen molar-refractivity contribution in [1.29, 1.82) is 0 Å². The lowest BCUT2D eigenvalue weighted by Gasteiger charge is -2.11. The topological polar surface area (TPSA) is 26.3 Å². The third kappa shape index (κ3) is 1.86. The van der Waals surface area contributed by atoms with Gasteiger partial charge < -0.3 is 4.74 Å². The zero-order valence-corrected chi connectivity index (χ0v) is 9.66. The van der Waals surface area contributed by atoms with Gasteiger partial charge in [0.2, 0.25) is 0 Å². The first-order chi connectivity index (χ1) is 6.49. The maximum atomic E-state index is 11.3. The van der Waals surface area contributed by atoms with Gasteiger partial charge in [0.15, 0.2) is 5.78 Å². The predicted octanol–water partition coefficient (Wildman–Crippen LogP) is 3.51. The van der Waals surface area contributed by atoms with E-state index in [1.807, 2.05) is 0 Å². The molecule has 1 aromatic rings. The highest BCUT2D eigenvalue weighted by molar-refractivity contribution is 6.43. The molecule has 0 atom stereocenters. The standard InChI is InChI=1S/C10H10Cl2O2/c1-5-9(12)8(11)4-7(6(2)13)10(5)14-3/h4H,1-3H3. The minimum atomic E-state index is -0.0940. The van der Waals surface area contributed by atoms with Crippen molar-refractivity contribution in [3.05, 3.63) is 27.2 Å². The van der Waals surface area contributed by atoms with E-state index in [0.717, 1.165) is 0 Å². The normalized spacial score (nSPS) is 10.1. The van der Waals surface area contributed by atoms with E-state index in [2.05, 4.69) is 0 Å². The Morgan fingerprint density at radius 1 is 1.43 bits per heavy atom. The Hall–Kier alpha value is -0.730. The van der Waals surface area contributed by atoms with Crippen LogP contribution in [-0.4, -0.2) is 12.9 Å². The minimum absolute atomic E-state index is 0.0940. The molecule has 0 fully saturated rings. The fourth-order valence-electron chi connectivity index (χ4n) is 1.26. The Kier molecular flexibility index (Phi) is 3.40. The summed E-state index contributed by atoms with van der Waals surface area (Å²) in [4.78, 5) is 11.3. The van der Waals surface area contributed by atoms with Gasteiger partial charge in [-0.2, -0.15) is 0 Å². The Balaban J connectivity index is 3.51. The lowest BCUT2D eigenvalue weighted by Crippen LogP contribution is -2.00. The second kappa shape index (κ2) is 4.20. The van der Waals surface area contributed by atoms with Crippen molar-refractivity contribution in [2.45, 2.75) is 13.8 Å². The minimum Gasteiger partial charge on any atom is -0.496 e. The number of ether oxygens (including phenoxy) is 1. The van der Waals surface area contributed by atoms with Gasteiger partial charge in [0, 0.05) is 5.56 Å². The number of halogens is 2. The number of hydrogen-bond donors (Lipinski definition) is 0. The fourth-order valence-corrected chi connectivity index (χ4v) is 1.65. The van der Waals surface area contributed by atoms with E-state index in [0.29, 0.717) is 26.9 Å². The van der Waals surface area contributed by atoms with Gasteiger partial charge in [-0.3, -0.25) is 4.79 Å². The first-order valence-electron chi connectivity index (χ1n) is 4.02. The van der Waals surface area contributed by atoms with E-state index in [4.69, 9.17) is 27.9 Å². The molecule has 1 rings (SSSR count). The number of methoxy groups -OCH3 is 1. The lowest BCUT2D eigenvalue weighted by molar-refractivity contribution is 0.101. The lowest BCUT2D eigenvalue weighted by atomic mass is 10.1. The molecule has 0 aliphatic rings. The van der Waals surface area contributed by atoms with E-state index >= 15 is 0 Å². The zero-order chi connectivity index (χ0) is 10.9. The van der Waals surface area contributed by atoms with Gasteiger partial charge in [-0.25, -0.2) is 0 Å². The number of rotatable bonds is 2. The Morgan fingerprint density at radius 2 is 2.00 bits per heavy atom. The highest BCUT2D eigenvalue weighted by atomic mass is 35.5. The third-order valence-electron chi connectivity index (χ3n) is 1.98. The van der Waals surface area contributed by atoms with Crippen molar-refractivity contribution in [1.82, 2.24) is 0 Å². The van der Waals surface area contributed by atoms with E-state index in [-0.39, 0.29) is 5.78 Å². The highest BCUT2D eigenvalue weighted by Gasteiger charge is 2.16. The predicted molar refractivity (Wildman–Crippen MR) is 57.8 cm³/mol. The maximum Gasteiger partial charge on any atom is 0.163 e. The van der Waals surface area contributed by atoms with Crippen LogP contribution in [0, 0.1) is 6.92 Å². The molecular weight excluding hydrogens is 223 g/mol. The van der Waals surface area contributed by atoms with Crippen LogP contribution in [0.5, 0.6) is 5.75 Å². The van der Waals surface area contributed by atoms with Crippen molar-refractivity contribution in [2.75, 3.05) is 7.11 Å². The largest absolute Gasteiger partial charge is 0.496 e. The Morgan fingerprint density at radius 3 is 2.43 bits per heavy atom. The fraction of sp³-hybridized carbons (Fsp3) is 0.300. The molecule has 0 saturated carbocycles. The first kappa shape index (κ1) is 11.3. The van der Waals surface area contributed by atoms with Crippen molar-refractivity contribution in [3.8, 4) is 5.75 Å². The van der Waals surface area contributed by atoms with E-state index in [9.17, 15) is 4.79 Å². The summed E-state index contributed by atoms with van der Waals surface area (Å²) < 4.78 is 5.11. The Bertz CT molecular complexity index is 386. The smallest absolute Gasteiger partial charge is 0.163 e. The molecule has 0 unspecified atom stereocenters. The molecule has 0 heterocycles. The summed E-state index contributed by atoms with van der Waals surface area (Å²) in [6, 6.07) is 1.53. The van der Waals surface area contributed by atoms with Gasteiger partial charge in [0.1, 0.15) is 5.75 Å². The van der Waals surface area contributed by atoms with Crippen LogP contribution < -0.4 is 4.74 Å². The molecule has 0 N–H and O–H groups in total. The second-order valence-electron chi connectivity index (χ2n) is 2.93. The molecule has 0 aromatic heterocycles. The summed E-state index contributed by atoms with van der Waals surface area (Å²) in [6.45, 7) is 3.22. The molecule has 0 bridgehead atoms. The van der Waals surface area contributed by atoms with Crippen molar-refractivity contribution >= 4 is 29.0 Å². The van der Waals surface area contributed by atoms with Gasteiger partial charge in [-0.1, -0.05) is 23.2 Å². The van der Waals surface area contributed by atoms with Crippen LogP contribution in [0.4, 0.5) is 0 Å². The van der Waals surface area contributed by atoms with Crippen LogP contribution in [0.25, 0.3) is 0 Å². The van der Waals surface area contributed by atoms with Crippen LogP contribution in [0.3, 0.4) is 0 Å². The number of carbonyl (C=O) groups is 1. The summed E-state index contributed by atoms with van der Waals surface area (Å²) in [7, 11) is 1.50. The first-order valence-corrected chi connectivity index (χ1v) is 4.78. The van der Waals surface area contributed by atoms with Gasteiger partial charge in [-0.05, 0) is 19.9 Å². The molecule has 0 saturated heterocycles. The molecule has 76 valence electrons. The van der Waals surface area contributed by atoms with Gasteiger partial charge in [-0.15, -0.1) is 0 Å². The molecule has 0 spiro atoms. The highest BCUT2D eigenvalue weighted by Crippen LogP contribution is 2.35. The molecule has 0 amide bonds. The summed E-state index contributed by atoms with van der Waals surface area (Å²) >= 11 is 11.8. The number of Topliss-reactive ketones (excluding diaryl/α,β-unsaturated/α-hetero) is 1. The van der Waals surface area contributed by atoms with E-state index in [1.165, 1.54) is 20.1 Å². The second-order valence-corrected chi connectivity index (χ2v) is 3.72. The number of ketones is 1. The number of benzene rings is 1. The number of carbonyl (C=O) groups excluding carboxylic acids is 1. The molecule has 4 heteroatoms. The molecule has 0 aliphatic heterocycles. The number of hydrogen-bond acceptors (Lipinski definition) is 2. The van der Waals surface area contributed by atoms with Crippen molar-refractivity contribution in [2.24, 2.45) is 0 Å². The van der Waals surface area contributed by atoms with Crippen LogP contribution in [-0.2, 0) is 0 Å². The molecule has 1 aromatic carbocycles. The van der Waals surface area contributed by atoms with Crippen molar-refractivity contribution < 1.29 is 9.53 Å². The van der Waals surface area contributed by atoms with Gasteiger partial charge in [0.25, 0.3) is 0 Å². The van der Waals surface area contributed by atoms with Crippen LogP contribution >= 0.6 is 23.2 Å². The molecular formula is C10H10Cl2O2. The van der Waals surface area contributed by atoms with Crippen LogP contribution in [0.2, 0.25) is 10.0 Å². The van der Waals surface area contributed by atoms with Gasteiger partial charge >= 0.3 is 0 Å². The maximum absolute atomic E-state index is 11.3. The summed E-state index contributed by atoms with van der Waals surface area (Å²) in [5.41, 5.74) is 1.14. The average Bonchev–Trinajstić information content (AvgIpc) is 2.13. The van der Waals surface area contributed by atoms with E-state index in [1.54, 1.807) is 6.92 Å². The van der Waals surface area contributed by atoms with E-state index < -0.39 is 0 Å². The van der Waals surface area contributed by atoms with Gasteiger partial charge in [0.05, 0.1) is 22.7 Å². The average molecular weight is 233 g/mol. The monoisotopic (exact) mass is 232 g/mol. The SMILES string of the molecule is COc1c(C(C)=O)cc(Cl)c(Cl)c1C. The Labute approximate surface area is 92.8 Å². The molecule has 0 aliphatic carbocycles. The van der Waals surface area contributed by atoms with Crippen molar-refractivity contribution in [3.63, 3.8) is 0 Å². The summed E-state index contributed by atoms with van der Waals surface area (Å²) in [5.74, 6) is 0.399.